The van der Waals surface area contributed by atoms with Crippen molar-refractivity contribution in [1.82, 2.24) is 10.8 Å². The average Bonchev–Trinajstić information content (AvgIpc) is 2.55. The predicted octanol–water partition coefficient (Wildman–Crippen LogP) is 3.80. The number of alkyl carbamates (subject to hydrolysis) is 1. The molecule has 0 aliphatic rings. The molecule has 7 heteroatoms. The Morgan fingerprint density at radius 1 is 1.19 bits per heavy atom. The highest BCUT2D eigenvalue weighted by molar-refractivity contribution is 5.77. The summed E-state index contributed by atoms with van der Waals surface area (Å²) in [6.07, 6.45) is 1.85. The monoisotopic (exact) mass is 382 g/mol. The molecular weight excluding hydrogens is 351 g/mol. The number of amides is 2. The van der Waals surface area contributed by atoms with Crippen molar-refractivity contribution < 1.29 is 23.9 Å². The zero-order valence-corrected chi connectivity index (χ0v) is 16.8. The van der Waals surface area contributed by atoms with Crippen molar-refractivity contribution >= 4 is 12.0 Å². The third kappa shape index (κ3) is 8.39. The van der Waals surface area contributed by atoms with E-state index in [-0.39, 0.29) is 5.82 Å². The summed E-state index contributed by atoms with van der Waals surface area (Å²) in [6.45, 7) is 9.21. The van der Waals surface area contributed by atoms with Crippen molar-refractivity contribution in [2.45, 2.75) is 65.9 Å². The maximum absolute atomic E-state index is 13.8. The number of nitrogens with one attached hydrogen (secondary N) is 2. The lowest BCUT2D eigenvalue weighted by Gasteiger charge is -2.20. The lowest BCUT2D eigenvalue weighted by Crippen LogP contribution is -2.33. The van der Waals surface area contributed by atoms with Crippen LogP contribution in [0.2, 0.25) is 0 Å². The van der Waals surface area contributed by atoms with E-state index >= 15 is 0 Å². The number of carbonyl (C=O) groups excluding carboxylic acids is 2. The lowest BCUT2D eigenvalue weighted by molar-refractivity contribution is -0.133. The highest BCUT2D eigenvalue weighted by atomic mass is 19.1. The molecule has 6 nitrogen and oxygen atoms in total. The van der Waals surface area contributed by atoms with Crippen molar-refractivity contribution in [3.63, 3.8) is 0 Å². The number of hydrogen-bond acceptors (Lipinski definition) is 4. The largest absolute Gasteiger partial charge is 0.444 e. The first kappa shape index (κ1) is 22.9. The molecule has 1 aromatic carbocycles. The number of carbonyl (C=O) groups is 2. The third-order valence-corrected chi connectivity index (χ3v) is 4.11. The molecule has 0 fully saturated rings. The number of benzene rings is 1. The Hall–Kier alpha value is -2.15. The molecule has 0 saturated carbocycles. The van der Waals surface area contributed by atoms with E-state index in [4.69, 9.17) is 9.94 Å². The van der Waals surface area contributed by atoms with Gasteiger partial charge >= 0.3 is 6.09 Å². The summed E-state index contributed by atoms with van der Waals surface area (Å²) in [5.41, 5.74) is 3.09. The van der Waals surface area contributed by atoms with E-state index < -0.39 is 23.5 Å². The molecule has 1 rings (SSSR count). The molecule has 0 bridgehead atoms. The van der Waals surface area contributed by atoms with Gasteiger partial charge < -0.3 is 10.1 Å². The number of hydroxylamine groups is 1. The lowest BCUT2D eigenvalue weighted by atomic mass is 9.92. The van der Waals surface area contributed by atoms with E-state index in [9.17, 15) is 14.0 Å². The topological polar surface area (TPSA) is 87.7 Å². The first-order chi connectivity index (χ1) is 12.5. The minimum absolute atomic E-state index is 0.241. The summed E-state index contributed by atoms with van der Waals surface area (Å²) in [5.74, 6) is -1.13. The molecule has 0 aliphatic carbocycles. The summed E-state index contributed by atoms with van der Waals surface area (Å²) in [7, 11) is 0. The van der Waals surface area contributed by atoms with Crippen molar-refractivity contribution in [1.29, 1.82) is 0 Å². The van der Waals surface area contributed by atoms with E-state index in [1.165, 1.54) is 0 Å². The Bertz CT molecular complexity index is 633. The van der Waals surface area contributed by atoms with E-state index in [0.29, 0.717) is 43.4 Å². The predicted molar refractivity (Wildman–Crippen MR) is 101 cm³/mol. The van der Waals surface area contributed by atoms with Gasteiger partial charge in [0.2, 0.25) is 5.91 Å². The van der Waals surface area contributed by atoms with Gasteiger partial charge in [0, 0.05) is 12.5 Å². The Balaban J connectivity index is 2.52. The summed E-state index contributed by atoms with van der Waals surface area (Å²) in [4.78, 5) is 23.5. The van der Waals surface area contributed by atoms with Crippen LogP contribution in [0.3, 0.4) is 0 Å². The van der Waals surface area contributed by atoms with Crippen LogP contribution < -0.4 is 10.8 Å². The molecule has 0 radical (unpaired) electrons. The highest BCUT2D eigenvalue weighted by Gasteiger charge is 2.20. The fraction of sp³-hybridized carbons (Fsp3) is 0.600. The Morgan fingerprint density at radius 2 is 1.78 bits per heavy atom. The van der Waals surface area contributed by atoms with Gasteiger partial charge in [0.1, 0.15) is 11.4 Å². The van der Waals surface area contributed by atoms with Gasteiger partial charge in [-0.2, -0.15) is 0 Å². The number of unbranched alkanes of at least 4 members (excludes halogenated alkanes) is 1. The van der Waals surface area contributed by atoms with Crippen LogP contribution in [-0.4, -0.2) is 29.4 Å². The van der Waals surface area contributed by atoms with Crippen molar-refractivity contribution in [3.8, 4) is 0 Å². The SMILES string of the molecule is Cc1cc(C[C@H](CCCCNC(=O)OC(C)(C)C)C(=O)NO)cc(C)c1F. The van der Waals surface area contributed by atoms with Crippen LogP contribution in [0, 0.1) is 25.6 Å². The number of aryl methyl sites for hydroxylation is 2. The molecule has 0 aliphatic heterocycles. The molecule has 152 valence electrons. The van der Waals surface area contributed by atoms with Crippen LogP contribution in [0.25, 0.3) is 0 Å². The smallest absolute Gasteiger partial charge is 0.407 e. The van der Waals surface area contributed by atoms with Gasteiger partial charge in [0.25, 0.3) is 0 Å². The second kappa shape index (κ2) is 10.3. The number of halogens is 1. The molecule has 27 heavy (non-hydrogen) atoms. The molecule has 0 spiro atoms. The molecule has 0 saturated heterocycles. The Kier molecular flexibility index (Phi) is 8.69. The normalized spacial score (nSPS) is 12.4. The molecule has 0 aromatic heterocycles. The van der Waals surface area contributed by atoms with E-state index in [0.717, 1.165) is 5.56 Å². The second-order valence-electron chi connectivity index (χ2n) is 7.85. The molecule has 1 aromatic rings. The number of ether oxygens (including phenoxy) is 1. The van der Waals surface area contributed by atoms with Gasteiger partial charge in [0.05, 0.1) is 0 Å². The van der Waals surface area contributed by atoms with Gasteiger partial charge in [-0.3, -0.25) is 10.0 Å². The fourth-order valence-electron chi connectivity index (χ4n) is 2.88. The van der Waals surface area contributed by atoms with Gasteiger partial charge in [-0.05, 0) is 70.6 Å². The zero-order valence-electron chi connectivity index (χ0n) is 16.8. The number of hydrogen-bond donors (Lipinski definition) is 3. The minimum atomic E-state index is -0.542. The van der Waals surface area contributed by atoms with E-state index in [1.54, 1.807) is 52.2 Å². The van der Waals surface area contributed by atoms with Gasteiger partial charge in [-0.1, -0.05) is 18.6 Å². The minimum Gasteiger partial charge on any atom is -0.444 e. The van der Waals surface area contributed by atoms with Crippen LogP contribution in [0.5, 0.6) is 0 Å². The van der Waals surface area contributed by atoms with E-state index in [2.05, 4.69) is 5.32 Å². The second-order valence-corrected chi connectivity index (χ2v) is 7.85. The van der Waals surface area contributed by atoms with E-state index in [1.807, 2.05) is 0 Å². The Labute approximate surface area is 160 Å². The van der Waals surface area contributed by atoms with Crippen molar-refractivity contribution in [2.24, 2.45) is 5.92 Å². The highest BCUT2D eigenvalue weighted by Crippen LogP contribution is 2.20. The molecule has 1 atom stereocenters. The maximum atomic E-state index is 13.8. The molecule has 0 unspecified atom stereocenters. The first-order valence-electron chi connectivity index (χ1n) is 9.20. The Morgan fingerprint density at radius 3 is 2.30 bits per heavy atom. The van der Waals surface area contributed by atoms with Gasteiger partial charge in [-0.25, -0.2) is 14.7 Å². The van der Waals surface area contributed by atoms with Crippen LogP contribution in [0.4, 0.5) is 9.18 Å². The average molecular weight is 382 g/mol. The quantitative estimate of drug-likeness (QED) is 0.362. The van der Waals surface area contributed by atoms with Crippen molar-refractivity contribution in [2.75, 3.05) is 6.54 Å². The first-order valence-corrected chi connectivity index (χ1v) is 9.20. The van der Waals surface area contributed by atoms with Crippen LogP contribution in [0.1, 0.15) is 56.7 Å². The van der Waals surface area contributed by atoms with Gasteiger partial charge in [-0.15, -0.1) is 0 Å². The fourth-order valence-corrected chi connectivity index (χ4v) is 2.88. The zero-order chi connectivity index (χ0) is 20.6. The molecule has 3 N–H and O–H groups in total. The van der Waals surface area contributed by atoms with Crippen LogP contribution >= 0.6 is 0 Å². The summed E-state index contributed by atoms with van der Waals surface area (Å²) >= 11 is 0. The summed E-state index contributed by atoms with van der Waals surface area (Å²) in [5, 5.41) is 11.7. The molecule has 0 heterocycles. The summed E-state index contributed by atoms with van der Waals surface area (Å²) < 4.78 is 18.9. The molecular formula is C20H31FN2O4. The van der Waals surface area contributed by atoms with Gasteiger partial charge in [0.15, 0.2) is 0 Å². The van der Waals surface area contributed by atoms with Crippen molar-refractivity contribution in [3.05, 3.63) is 34.6 Å². The number of rotatable bonds is 8. The maximum Gasteiger partial charge on any atom is 0.407 e. The van der Waals surface area contributed by atoms with Crippen LogP contribution in [0.15, 0.2) is 12.1 Å². The standard InChI is InChI=1S/C20H31FN2O4/c1-13-10-15(11-14(2)17(13)21)12-16(18(24)23-26)8-6-7-9-22-19(25)27-20(3,4)5/h10-11,16,26H,6-9,12H2,1-5H3,(H,22,25)(H,23,24)/t16-/m0/s1. The van der Waals surface area contributed by atoms with Crippen LogP contribution in [-0.2, 0) is 16.0 Å². The summed E-state index contributed by atoms with van der Waals surface area (Å²) in [6, 6.07) is 3.45. The third-order valence-electron chi connectivity index (χ3n) is 4.11. The molecule has 2 amide bonds.